The standard InChI is InChI=1S/C28H33N3O6S/c1-6-20(3)29-28(33)23-9-7-8-10-24(23)30-27(32)18-31(25-17-21(36-4)13-16-26(25)37-5)38(34,35)22-14-11-19(2)12-15-22/h7-17,20H,6,18H2,1-5H3,(H,29,33)(H,30,32). The van der Waals surface area contributed by atoms with E-state index in [-0.39, 0.29) is 39.5 Å². The topological polar surface area (TPSA) is 114 Å². The minimum Gasteiger partial charge on any atom is -0.497 e. The van der Waals surface area contributed by atoms with Gasteiger partial charge in [-0.2, -0.15) is 0 Å². The molecule has 0 fully saturated rings. The van der Waals surface area contributed by atoms with Crippen molar-refractivity contribution in [2.24, 2.45) is 0 Å². The highest BCUT2D eigenvalue weighted by molar-refractivity contribution is 7.92. The molecular weight excluding hydrogens is 506 g/mol. The fourth-order valence-corrected chi connectivity index (χ4v) is 5.07. The van der Waals surface area contributed by atoms with Gasteiger partial charge in [0, 0.05) is 12.1 Å². The van der Waals surface area contributed by atoms with Crippen LogP contribution in [0, 0.1) is 6.92 Å². The lowest BCUT2D eigenvalue weighted by Crippen LogP contribution is -2.39. The lowest BCUT2D eigenvalue weighted by molar-refractivity contribution is -0.114. The molecule has 3 aromatic carbocycles. The van der Waals surface area contributed by atoms with Crippen LogP contribution in [0.25, 0.3) is 0 Å². The van der Waals surface area contributed by atoms with Crippen molar-refractivity contribution in [2.75, 3.05) is 30.4 Å². The maximum Gasteiger partial charge on any atom is 0.264 e. The summed E-state index contributed by atoms with van der Waals surface area (Å²) in [6.07, 6.45) is 0.745. The molecule has 2 N–H and O–H groups in total. The summed E-state index contributed by atoms with van der Waals surface area (Å²) in [5, 5.41) is 5.58. The molecule has 9 nitrogen and oxygen atoms in total. The van der Waals surface area contributed by atoms with Gasteiger partial charge in [0.05, 0.1) is 36.1 Å². The van der Waals surface area contributed by atoms with Gasteiger partial charge >= 0.3 is 0 Å². The number of methoxy groups -OCH3 is 2. The minimum absolute atomic E-state index is 0.00843. The number of para-hydroxylation sites is 1. The Bertz CT molecular complexity index is 1390. The molecule has 0 saturated heterocycles. The lowest BCUT2D eigenvalue weighted by atomic mass is 10.1. The van der Waals surface area contributed by atoms with Crippen molar-refractivity contribution in [3.8, 4) is 11.5 Å². The number of rotatable bonds is 11. The zero-order valence-electron chi connectivity index (χ0n) is 22.1. The Balaban J connectivity index is 2.01. The van der Waals surface area contributed by atoms with Gasteiger partial charge in [0.25, 0.3) is 15.9 Å². The number of hydrogen-bond donors (Lipinski definition) is 2. The molecular formula is C28H33N3O6S. The molecule has 2 amide bonds. The SMILES string of the molecule is CCC(C)NC(=O)c1ccccc1NC(=O)CN(c1cc(OC)ccc1OC)S(=O)(=O)c1ccc(C)cc1. The van der Waals surface area contributed by atoms with Gasteiger partial charge in [0.2, 0.25) is 5.91 Å². The van der Waals surface area contributed by atoms with E-state index < -0.39 is 22.5 Å². The average Bonchev–Trinajstić information content (AvgIpc) is 2.91. The second kappa shape index (κ2) is 12.5. The van der Waals surface area contributed by atoms with Crippen molar-refractivity contribution >= 4 is 33.2 Å². The van der Waals surface area contributed by atoms with Crippen LogP contribution in [0.4, 0.5) is 11.4 Å². The van der Waals surface area contributed by atoms with Crippen LogP contribution in [-0.4, -0.2) is 47.0 Å². The predicted octanol–water partition coefficient (Wildman–Crippen LogP) is 4.37. The summed E-state index contributed by atoms with van der Waals surface area (Å²) < 4.78 is 39.3. The van der Waals surface area contributed by atoms with Crippen LogP contribution in [0.15, 0.2) is 71.6 Å². The number of ether oxygens (including phenoxy) is 2. The maximum absolute atomic E-state index is 13.8. The highest BCUT2D eigenvalue weighted by Crippen LogP contribution is 2.35. The highest BCUT2D eigenvalue weighted by Gasteiger charge is 2.30. The van der Waals surface area contributed by atoms with Crippen LogP contribution in [-0.2, 0) is 14.8 Å². The molecule has 202 valence electrons. The third-order valence-electron chi connectivity index (χ3n) is 5.99. The van der Waals surface area contributed by atoms with E-state index in [1.807, 2.05) is 20.8 Å². The monoisotopic (exact) mass is 539 g/mol. The fraction of sp³-hybridized carbons (Fsp3) is 0.286. The number of carbonyl (C=O) groups is 2. The molecule has 38 heavy (non-hydrogen) atoms. The number of sulfonamides is 1. The normalized spacial score (nSPS) is 11.8. The van der Waals surface area contributed by atoms with Crippen LogP contribution in [0.3, 0.4) is 0 Å². The van der Waals surface area contributed by atoms with Crippen LogP contribution >= 0.6 is 0 Å². The van der Waals surface area contributed by atoms with Gasteiger partial charge in [0.15, 0.2) is 0 Å². The largest absolute Gasteiger partial charge is 0.497 e. The van der Waals surface area contributed by atoms with Gasteiger partial charge in [-0.3, -0.25) is 13.9 Å². The molecule has 0 radical (unpaired) electrons. The molecule has 3 aromatic rings. The number of amides is 2. The van der Waals surface area contributed by atoms with E-state index in [0.717, 1.165) is 16.3 Å². The summed E-state index contributed by atoms with van der Waals surface area (Å²) in [5.74, 6) is -0.358. The molecule has 0 aliphatic rings. The summed E-state index contributed by atoms with van der Waals surface area (Å²) in [5.41, 5.74) is 1.56. The van der Waals surface area contributed by atoms with Crippen LogP contribution < -0.4 is 24.4 Å². The molecule has 0 aromatic heterocycles. The van der Waals surface area contributed by atoms with Crippen molar-refractivity contribution in [2.45, 2.75) is 38.1 Å². The molecule has 0 aliphatic heterocycles. The maximum atomic E-state index is 13.8. The van der Waals surface area contributed by atoms with Crippen molar-refractivity contribution in [1.82, 2.24) is 5.32 Å². The molecule has 3 rings (SSSR count). The summed E-state index contributed by atoms with van der Waals surface area (Å²) in [6.45, 7) is 5.10. The Morgan fingerprint density at radius 2 is 1.66 bits per heavy atom. The van der Waals surface area contributed by atoms with Crippen LogP contribution in [0.5, 0.6) is 11.5 Å². The first-order valence-electron chi connectivity index (χ1n) is 12.1. The zero-order chi connectivity index (χ0) is 27.9. The smallest absolute Gasteiger partial charge is 0.264 e. The number of hydrogen-bond acceptors (Lipinski definition) is 6. The Hall–Kier alpha value is -4.05. The van der Waals surface area contributed by atoms with Gasteiger partial charge < -0.3 is 20.1 Å². The average molecular weight is 540 g/mol. The molecule has 0 aliphatic carbocycles. The number of anilines is 2. The van der Waals surface area contributed by atoms with E-state index in [2.05, 4.69) is 10.6 Å². The van der Waals surface area contributed by atoms with E-state index in [9.17, 15) is 18.0 Å². The molecule has 1 unspecified atom stereocenters. The van der Waals surface area contributed by atoms with Gasteiger partial charge in [-0.15, -0.1) is 0 Å². The minimum atomic E-state index is -4.20. The fourth-order valence-electron chi connectivity index (χ4n) is 3.64. The summed E-state index contributed by atoms with van der Waals surface area (Å²) in [6, 6.07) is 17.5. The third kappa shape index (κ3) is 6.63. The Morgan fingerprint density at radius 1 is 0.974 bits per heavy atom. The molecule has 0 bridgehead atoms. The number of nitrogens with one attached hydrogen (secondary N) is 2. The van der Waals surface area contributed by atoms with Crippen molar-refractivity contribution in [3.63, 3.8) is 0 Å². The van der Waals surface area contributed by atoms with Crippen molar-refractivity contribution in [3.05, 3.63) is 77.9 Å². The molecule has 10 heteroatoms. The number of aryl methyl sites for hydroxylation is 1. The number of nitrogens with zero attached hydrogens (tertiary/aromatic N) is 1. The van der Waals surface area contributed by atoms with E-state index in [0.29, 0.717) is 5.75 Å². The summed E-state index contributed by atoms with van der Waals surface area (Å²) in [7, 11) is -1.34. The van der Waals surface area contributed by atoms with Gasteiger partial charge in [-0.05, 0) is 56.7 Å². The quantitative estimate of drug-likeness (QED) is 0.374. The Kier molecular flexibility index (Phi) is 9.35. The molecule has 0 saturated carbocycles. The molecule has 1 atom stereocenters. The Morgan fingerprint density at radius 3 is 2.29 bits per heavy atom. The van der Waals surface area contributed by atoms with E-state index in [4.69, 9.17) is 9.47 Å². The van der Waals surface area contributed by atoms with Gasteiger partial charge in [0.1, 0.15) is 18.0 Å². The van der Waals surface area contributed by atoms with Crippen LogP contribution in [0.2, 0.25) is 0 Å². The third-order valence-corrected chi connectivity index (χ3v) is 7.76. The lowest BCUT2D eigenvalue weighted by Gasteiger charge is -2.26. The van der Waals surface area contributed by atoms with Crippen molar-refractivity contribution in [1.29, 1.82) is 0 Å². The first-order chi connectivity index (χ1) is 18.1. The van der Waals surface area contributed by atoms with Gasteiger partial charge in [-0.25, -0.2) is 8.42 Å². The summed E-state index contributed by atoms with van der Waals surface area (Å²) in [4.78, 5) is 26.1. The second-order valence-electron chi connectivity index (χ2n) is 8.74. The van der Waals surface area contributed by atoms with E-state index in [1.54, 1.807) is 48.5 Å². The summed E-state index contributed by atoms with van der Waals surface area (Å²) >= 11 is 0. The van der Waals surface area contributed by atoms with E-state index >= 15 is 0 Å². The highest BCUT2D eigenvalue weighted by atomic mass is 32.2. The van der Waals surface area contributed by atoms with E-state index in [1.165, 1.54) is 32.4 Å². The molecule has 0 heterocycles. The van der Waals surface area contributed by atoms with Crippen LogP contribution in [0.1, 0.15) is 36.2 Å². The van der Waals surface area contributed by atoms with Gasteiger partial charge in [-0.1, -0.05) is 36.8 Å². The number of benzene rings is 3. The first kappa shape index (κ1) is 28.5. The first-order valence-corrected chi connectivity index (χ1v) is 13.6. The Labute approximate surface area is 223 Å². The molecule has 0 spiro atoms. The second-order valence-corrected chi connectivity index (χ2v) is 10.6. The van der Waals surface area contributed by atoms with Crippen molar-refractivity contribution < 1.29 is 27.5 Å². The predicted molar refractivity (Wildman–Crippen MR) is 148 cm³/mol. The number of carbonyl (C=O) groups excluding carboxylic acids is 2. The zero-order valence-corrected chi connectivity index (χ0v) is 23.0.